The van der Waals surface area contributed by atoms with Gasteiger partial charge in [0.15, 0.2) is 6.61 Å². The van der Waals surface area contributed by atoms with Gasteiger partial charge in [0.2, 0.25) is 0 Å². The Bertz CT molecular complexity index is 473. The molecular weight excluding hydrogens is 266 g/mol. The molecule has 0 heterocycles. The quantitative estimate of drug-likeness (QED) is 0.778. The summed E-state index contributed by atoms with van der Waals surface area (Å²) in [5.41, 5.74) is 0.285. The molecule has 5 heteroatoms. The molecule has 0 spiro atoms. The Balaban J connectivity index is 2.10. The average molecular weight is 284 g/mol. The Hall–Kier alpha value is -1.65. The Morgan fingerprint density at radius 1 is 1.30 bits per heavy atom. The van der Waals surface area contributed by atoms with Crippen LogP contribution < -0.4 is 4.74 Å². The first kappa shape index (κ1) is 14.8. The van der Waals surface area contributed by atoms with Gasteiger partial charge in [-0.2, -0.15) is 0 Å². The molecule has 1 aromatic carbocycles. The van der Waals surface area contributed by atoms with Gasteiger partial charge in [-0.3, -0.25) is 4.79 Å². The second-order valence-corrected chi connectivity index (χ2v) is 5.31. The molecule has 20 heavy (non-hydrogen) atoms. The third-order valence-electron chi connectivity index (χ3n) is 3.68. The zero-order valence-corrected chi connectivity index (χ0v) is 11.6. The van der Waals surface area contributed by atoms with Crippen molar-refractivity contribution in [3.8, 4) is 5.75 Å². The number of halogens is 2. The average Bonchev–Trinajstić information content (AvgIpc) is 2.35. The van der Waals surface area contributed by atoms with Crippen molar-refractivity contribution >= 4 is 5.97 Å². The van der Waals surface area contributed by atoms with Gasteiger partial charge in [0.25, 0.3) is 5.92 Å². The molecule has 0 aliphatic heterocycles. The summed E-state index contributed by atoms with van der Waals surface area (Å²) in [5.74, 6) is -2.73. The lowest BCUT2D eigenvalue weighted by Gasteiger charge is -2.39. The summed E-state index contributed by atoms with van der Waals surface area (Å²) in [4.78, 5) is 11.9. The summed E-state index contributed by atoms with van der Waals surface area (Å²) in [6, 6.07) is 6.73. The van der Waals surface area contributed by atoms with Gasteiger partial charge >= 0.3 is 5.97 Å². The number of alkyl halides is 2. The Morgan fingerprint density at radius 3 is 2.30 bits per heavy atom. The number of benzene rings is 1. The fourth-order valence-electron chi connectivity index (χ4n) is 2.42. The van der Waals surface area contributed by atoms with Crippen LogP contribution in [-0.2, 0) is 14.9 Å². The normalized spacial score (nSPS) is 17.2. The highest BCUT2D eigenvalue weighted by molar-refractivity contribution is 5.84. The van der Waals surface area contributed by atoms with Crippen LogP contribution in [-0.4, -0.2) is 25.6 Å². The van der Waals surface area contributed by atoms with Crippen molar-refractivity contribution in [2.24, 2.45) is 0 Å². The smallest absolute Gasteiger partial charge is 0.316 e. The van der Waals surface area contributed by atoms with E-state index in [0.717, 1.165) is 31.7 Å². The van der Waals surface area contributed by atoms with E-state index in [-0.39, 0.29) is 5.97 Å². The lowest BCUT2D eigenvalue weighted by molar-refractivity contribution is -0.151. The van der Waals surface area contributed by atoms with Crippen molar-refractivity contribution in [1.29, 1.82) is 0 Å². The number of hydrogen-bond acceptors (Lipinski definition) is 3. The van der Waals surface area contributed by atoms with Crippen LogP contribution in [0.1, 0.15) is 31.7 Å². The molecule has 2 rings (SSSR count). The zero-order valence-electron chi connectivity index (χ0n) is 11.6. The van der Waals surface area contributed by atoms with E-state index >= 15 is 0 Å². The molecule has 1 aliphatic carbocycles. The minimum absolute atomic E-state index is 0.238. The van der Waals surface area contributed by atoms with Crippen LogP contribution in [0.2, 0.25) is 0 Å². The molecule has 0 unspecified atom stereocenters. The third-order valence-corrected chi connectivity index (χ3v) is 3.68. The number of hydrogen-bond donors (Lipinski definition) is 0. The maximum absolute atomic E-state index is 12.7. The molecule has 3 nitrogen and oxygen atoms in total. The summed E-state index contributed by atoms with van der Waals surface area (Å²) in [6.07, 6.45) is 2.50. The number of carbonyl (C=O) groups excluding carboxylic acids is 1. The van der Waals surface area contributed by atoms with E-state index in [0.29, 0.717) is 5.75 Å². The summed E-state index contributed by atoms with van der Waals surface area (Å²) in [5, 5.41) is 0. The highest BCUT2D eigenvalue weighted by Gasteiger charge is 2.46. The Morgan fingerprint density at radius 2 is 1.90 bits per heavy atom. The van der Waals surface area contributed by atoms with Gasteiger partial charge in [-0.05, 0) is 30.5 Å². The molecule has 1 aromatic rings. The van der Waals surface area contributed by atoms with E-state index in [1.165, 1.54) is 7.11 Å². The monoisotopic (exact) mass is 284 g/mol. The lowest BCUT2D eigenvalue weighted by atomic mass is 9.64. The first-order valence-corrected chi connectivity index (χ1v) is 6.57. The van der Waals surface area contributed by atoms with Crippen molar-refractivity contribution in [3.63, 3.8) is 0 Å². The van der Waals surface area contributed by atoms with Crippen LogP contribution in [0.4, 0.5) is 8.78 Å². The number of methoxy groups -OCH3 is 1. The van der Waals surface area contributed by atoms with Crippen molar-refractivity contribution in [3.05, 3.63) is 29.8 Å². The summed E-state index contributed by atoms with van der Waals surface area (Å²) >= 11 is 0. The topological polar surface area (TPSA) is 35.5 Å². The molecule has 0 aromatic heterocycles. The van der Waals surface area contributed by atoms with Gasteiger partial charge in [0.05, 0.1) is 12.5 Å². The SMILES string of the molecule is COC(=O)C1(c2ccc(OCC(C)(F)F)cc2)CCC1. The number of carbonyl (C=O) groups is 1. The molecule has 110 valence electrons. The fraction of sp³-hybridized carbons (Fsp3) is 0.533. The third kappa shape index (κ3) is 2.92. The summed E-state index contributed by atoms with van der Waals surface area (Å²) in [7, 11) is 1.38. The second-order valence-electron chi connectivity index (χ2n) is 5.31. The minimum Gasteiger partial charge on any atom is -0.487 e. The summed E-state index contributed by atoms with van der Waals surface area (Å²) < 4.78 is 35.3. The molecule has 1 aliphatic rings. The molecule has 0 atom stereocenters. The molecule has 1 saturated carbocycles. The largest absolute Gasteiger partial charge is 0.487 e. The van der Waals surface area contributed by atoms with E-state index in [9.17, 15) is 13.6 Å². The number of rotatable bonds is 5. The number of ether oxygens (including phenoxy) is 2. The van der Waals surface area contributed by atoms with Crippen LogP contribution in [0.5, 0.6) is 5.75 Å². The van der Waals surface area contributed by atoms with E-state index in [4.69, 9.17) is 9.47 Å². The Labute approximate surface area is 116 Å². The lowest BCUT2D eigenvalue weighted by Crippen LogP contribution is -2.43. The first-order chi connectivity index (χ1) is 9.37. The molecule has 0 amide bonds. The van der Waals surface area contributed by atoms with Crippen molar-refractivity contribution in [2.75, 3.05) is 13.7 Å². The standard InChI is InChI=1S/C15H18F2O3/c1-14(16,17)10-20-12-6-4-11(5-7-12)15(8-3-9-15)13(18)19-2/h4-7H,3,8-10H2,1-2H3. The van der Waals surface area contributed by atoms with E-state index in [1.54, 1.807) is 24.3 Å². The highest BCUT2D eigenvalue weighted by Crippen LogP contribution is 2.45. The van der Waals surface area contributed by atoms with Crippen molar-refractivity contribution < 1.29 is 23.0 Å². The fourth-order valence-corrected chi connectivity index (χ4v) is 2.42. The maximum Gasteiger partial charge on any atom is 0.316 e. The highest BCUT2D eigenvalue weighted by atomic mass is 19.3. The van der Waals surface area contributed by atoms with Crippen LogP contribution in [0.25, 0.3) is 0 Å². The van der Waals surface area contributed by atoms with E-state index < -0.39 is 17.9 Å². The Kier molecular flexibility index (Phi) is 3.97. The van der Waals surface area contributed by atoms with Crippen molar-refractivity contribution in [2.45, 2.75) is 37.5 Å². The van der Waals surface area contributed by atoms with E-state index in [2.05, 4.69) is 0 Å². The number of esters is 1. The van der Waals surface area contributed by atoms with Crippen LogP contribution in [0, 0.1) is 0 Å². The molecular formula is C15H18F2O3. The van der Waals surface area contributed by atoms with Gasteiger partial charge < -0.3 is 9.47 Å². The van der Waals surface area contributed by atoms with Crippen LogP contribution in [0.3, 0.4) is 0 Å². The predicted octanol–water partition coefficient (Wildman–Crippen LogP) is 3.32. The molecule has 0 bridgehead atoms. The zero-order chi connectivity index (χ0) is 14.8. The van der Waals surface area contributed by atoms with Gasteiger partial charge in [-0.15, -0.1) is 0 Å². The van der Waals surface area contributed by atoms with Gasteiger partial charge in [-0.25, -0.2) is 8.78 Å². The van der Waals surface area contributed by atoms with Gasteiger partial charge in [0, 0.05) is 6.92 Å². The first-order valence-electron chi connectivity index (χ1n) is 6.57. The van der Waals surface area contributed by atoms with E-state index in [1.807, 2.05) is 0 Å². The molecule has 0 saturated heterocycles. The molecule has 1 fully saturated rings. The van der Waals surface area contributed by atoms with Crippen molar-refractivity contribution in [1.82, 2.24) is 0 Å². The second kappa shape index (κ2) is 5.38. The van der Waals surface area contributed by atoms with Gasteiger partial charge in [0.1, 0.15) is 5.75 Å². The minimum atomic E-state index is -2.86. The molecule has 0 radical (unpaired) electrons. The predicted molar refractivity (Wildman–Crippen MR) is 70.1 cm³/mol. The van der Waals surface area contributed by atoms with Gasteiger partial charge in [-0.1, -0.05) is 18.6 Å². The molecule has 0 N–H and O–H groups in total. The van der Waals surface area contributed by atoms with Crippen LogP contribution >= 0.6 is 0 Å². The maximum atomic E-state index is 12.7. The van der Waals surface area contributed by atoms with Crippen LogP contribution in [0.15, 0.2) is 24.3 Å². The summed E-state index contributed by atoms with van der Waals surface area (Å²) in [6.45, 7) is 0.149.